The van der Waals surface area contributed by atoms with E-state index in [0.29, 0.717) is 18.2 Å². The van der Waals surface area contributed by atoms with Crippen molar-refractivity contribution in [3.63, 3.8) is 0 Å². The van der Waals surface area contributed by atoms with Crippen LogP contribution in [-0.4, -0.2) is 30.3 Å². The third-order valence-electron chi connectivity index (χ3n) is 3.16. The van der Waals surface area contributed by atoms with Crippen molar-refractivity contribution in [2.24, 2.45) is 0 Å². The predicted octanol–water partition coefficient (Wildman–Crippen LogP) is 2.08. The molecule has 1 atom stereocenters. The summed E-state index contributed by atoms with van der Waals surface area (Å²) in [6.45, 7) is 1.47. The zero-order valence-corrected chi connectivity index (χ0v) is 10.4. The fourth-order valence-corrected chi connectivity index (χ4v) is 2.10. The van der Waals surface area contributed by atoms with Crippen LogP contribution >= 0.6 is 0 Å². The minimum atomic E-state index is -0.106. The van der Waals surface area contributed by atoms with Crippen molar-refractivity contribution < 1.29 is 14.6 Å². The number of ether oxygens (including phenoxy) is 1. The lowest BCUT2D eigenvalue weighted by Gasteiger charge is -2.22. The highest BCUT2D eigenvalue weighted by Crippen LogP contribution is 2.15. The van der Waals surface area contributed by atoms with Crippen LogP contribution < -0.4 is 5.32 Å². The maximum atomic E-state index is 11.8. The van der Waals surface area contributed by atoms with Gasteiger partial charge in [-0.2, -0.15) is 0 Å². The Balaban J connectivity index is 1.72. The molecular formula is C14H19NO3. The van der Waals surface area contributed by atoms with Gasteiger partial charge in [-0.1, -0.05) is 0 Å². The Morgan fingerprint density at radius 1 is 1.33 bits per heavy atom. The number of aromatic hydroxyl groups is 1. The van der Waals surface area contributed by atoms with Crippen LogP contribution in [0.25, 0.3) is 0 Å². The topological polar surface area (TPSA) is 58.6 Å². The second-order valence-corrected chi connectivity index (χ2v) is 4.58. The number of hydrogen-bond acceptors (Lipinski definition) is 3. The smallest absolute Gasteiger partial charge is 0.251 e. The highest BCUT2D eigenvalue weighted by Gasteiger charge is 2.13. The van der Waals surface area contributed by atoms with Crippen molar-refractivity contribution in [1.29, 1.82) is 0 Å². The molecular weight excluding hydrogens is 230 g/mol. The number of phenols is 1. The third-order valence-corrected chi connectivity index (χ3v) is 3.16. The lowest BCUT2D eigenvalue weighted by atomic mass is 10.1. The van der Waals surface area contributed by atoms with Crippen LogP contribution in [0.3, 0.4) is 0 Å². The summed E-state index contributed by atoms with van der Waals surface area (Å²) in [5.74, 6) is 0.0629. The van der Waals surface area contributed by atoms with Crippen molar-refractivity contribution in [3.8, 4) is 5.75 Å². The van der Waals surface area contributed by atoms with E-state index in [4.69, 9.17) is 9.84 Å². The van der Waals surface area contributed by atoms with E-state index in [1.165, 1.54) is 18.6 Å². The number of rotatable bonds is 4. The van der Waals surface area contributed by atoms with Crippen LogP contribution in [0.5, 0.6) is 5.75 Å². The van der Waals surface area contributed by atoms with E-state index >= 15 is 0 Å². The molecule has 98 valence electrons. The number of hydrogen-bond donors (Lipinski definition) is 2. The first-order chi connectivity index (χ1) is 8.75. The molecule has 0 aliphatic carbocycles. The maximum Gasteiger partial charge on any atom is 0.251 e. The van der Waals surface area contributed by atoms with E-state index in [1.54, 1.807) is 12.1 Å². The summed E-state index contributed by atoms with van der Waals surface area (Å²) in [5, 5.41) is 12.0. The van der Waals surface area contributed by atoms with Gasteiger partial charge in [0.1, 0.15) is 5.75 Å². The molecule has 1 heterocycles. The molecule has 2 N–H and O–H groups in total. The second kappa shape index (κ2) is 6.40. The molecule has 1 saturated heterocycles. The molecule has 1 aromatic carbocycles. The fourth-order valence-electron chi connectivity index (χ4n) is 2.10. The molecule has 2 rings (SSSR count). The molecule has 0 bridgehead atoms. The highest BCUT2D eigenvalue weighted by atomic mass is 16.5. The van der Waals surface area contributed by atoms with E-state index in [1.807, 2.05) is 0 Å². The number of amides is 1. The van der Waals surface area contributed by atoms with Gasteiger partial charge >= 0.3 is 0 Å². The van der Waals surface area contributed by atoms with Gasteiger partial charge in [-0.05, 0) is 49.9 Å². The van der Waals surface area contributed by atoms with Crippen LogP contribution in [0.2, 0.25) is 0 Å². The second-order valence-electron chi connectivity index (χ2n) is 4.58. The number of benzene rings is 1. The Bertz CT molecular complexity index is 383. The van der Waals surface area contributed by atoms with Crippen molar-refractivity contribution in [2.75, 3.05) is 13.2 Å². The first-order valence-electron chi connectivity index (χ1n) is 6.44. The minimum absolute atomic E-state index is 0.106. The van der Waals surface area contributed by atoms with Crippen LogP contribution in [0.15, 0.2) is 24.3 Å². The molecule has 1 aliphatic rings. The molecule has 4 heteroatoms. The normalized spacial score (nSPS) is 19.4. The summed E-state index contributed by atoms with van der Waals surface area (Å²) >= 11 is 0. The third kappa shape index (κ3) is 3.74. The average molecular weight is 249 g/mol. The average Bonchev–Trinajstić information content (AvgIpc) is 2.40. The van der Waals surface area contributed by atoms with Gasteiger partial charge in [-0.15, -0.1) is 0 Å². The highest BCUT2D eigenvalue weighted by molar-refractivity contribution is 5.94. The van der Waals surface area contributed by atoms with Gasteiger partial charge in [0.05, 0.1) is 6.10 Å². The molecule has 0 spiro atoms. The standard InChI is InChI=1S/C14H19NO3/c16-12-6-4-11(5-7-12)14(17)15-9-8-13-3-1-2-10-18-13/h4-7,13,16H,1-3,8-10H2,(H,15,17). The van der Waals surface area contributed by atoms with Gasteiger partial charge < -0.3 is 15.2 Å². The van der Waals surface area contributed by atoms with Gasteiger partial charge in [-0.25, -0.2) is 0 Å². The van der Waals surface area contributed by atoms with Gasteiger partial charge in [0.2, 0.25) is 0 Å². The molecule has 18 heavy (non-hydrogen) atoms. The largest absolute Gasteiger partial charge is 0.508 e. The van der Waals surface area contributed by atoms with Gasteiger partial charge in [0.25, 0.3) is 5.91 Å². The lowest BCUT2D eigenvalue weighted by Crippen LogP contribution is -2.29. The number of phenolic OH excluding ortho intramolecular Hbond substituents is 1. The van der Waals surface area contributed by atoms with Crippen molar-refractivity contribution in [2.45, 2.75) is 31.8 Å². The number of carbonyl (C=O) groups excluding carboxylic acids is 1. The summed E-state index contributed by atoms with van der Waals surface area (Å²) in [6.07, 6.45) is 4.62. The molecule has 0 aromatic heterocycles. The fraction of sp³-hybridized carbons (Fsp3) is 0.500. The summed E-state index contributed by atoms with van der Waals surface area (Å²) < 4.78 is 5.60. The van der Waals surface area contributed by atoms with E-state index in [9.17, 15) is 4.79 Å². The first kappa shape index (κ1) is 12.9. The molecule has 1 aliphatic heterocycles. The van der Waals surface area contributed by atoms with E-state index in [2.05, 4.69) is 5.32 Å². The van der Waals surface area contributed by atoms with Crippen molar-refractivity contribution in [3.05, 3.63) is 29.8 Å². The van der Waals surface area contributed by atoms with Gasteiger partial charge in [-0.3, -0.25) is 4.79 Å². The summed E-state index contributed by atoms with van der Waals surface area (Å²) in [5.41, 5.74) is 0.567. The predicted molar refractivity (Wildman–Crippen MR) is 68.6 cm³/mol. The Labute approximate surface area is 107 Å². The van der Waals surface area contributed by atoms with E-state index in [0.717, 1.165) is 25.9 Å². The van der Waals surface area contributed by atoms with Crippen LogP contribution in [-0.2, 0) is 4.74 Å². The summed E-state index contributed by atoms with van der Waals surface area (Å²) in [4.78, 5) is 11.8. The van der Waals surface area contributed by atoms with E-state index in [-0.39, 0.29) is 11.7 Å². The molecule has 1 aromatic rings. The molecule has 4 nitrogen and oxygen atoms in total. The Hall–Kier alpha value is -1.55. The summed E-state index contributed by atoms with van der Waals surface area (Å²) in [6, 6.07) is 6.25. The Kier molecular flexibility index (Phi) is 4.59. The molecule has 1 unspecified atom stereocenters. The zero-order valence-electron chi connectivity index (χ0n) is 10.4. The van der Waals surface area contributed by atoms with Crippen LogP contribution in [0.4, 0.5) is 0 Å². The SMILES string of the molecule is O=C(NCCC1CCCCO1)c1ccc(O)cc1. The quantitative estimate of drug-likeness (QED) is 0.859. The minimum Gasteiger partial charge on any atom is -0.508 e. The lowest BCUT2D eigenvalue weighted by molar-refractivity contribution is 0.0117. The Morgan fingerprint density at radius 3 is 2.78 bits per heavy atom. The van der Waals surface area contributed by atoms with Gasteiger partial charge in [0.15, 0.2) is 0 Å². The molecule has 0 saturated carbocycles. The van der Waals surface area contributed by atoms with Crippen molar-refractivity contribution >= 4 is 5.91 Å². The van der Waals surface area contributed by atoms with Gasteiger partial charge in [0, 0.05) is 18.7 Å². The van der Waals surface area contributed by atoms with Crippen LogP contribution in [0, 0.1) is 0 Å². The maximum absolute atomic E-state index is 11.8. The summed E-state index contributed by atoms with van der Waals surface area (Å²) in [7, 11) is 0. The number of nitrogens with one attached hydrogen (secondary N) is 1. The van der Waals surface area contributed by atoms with Crippen molar-refractivity contribution in [1.82, 2.24) is 5.32 Å². The zero-order chi connectivity index (χ0) is 12.8. The monoisotopic (exact) mass is 249 g/mol. The Morgan fingerprint density at radius 2 is 2.11 bits per heavy atom. The number of carbonyl (C=O) groups is 1. The molecule has 0 radical (unpaired) electrons. The van der Waals surface area contributed by atoms with Crippen LogP contribution in [0.1, 0.15) is 36.0 Å². The molecule has 1 amide bonds. The first-order valence-corrected chi connectivity index (χ1v) is 6.44. The molecule has 1 fully saturated rings. The van der Waals surface area contributed by atoms with E-state index < -0.39 is 0 Å².